The molecule has 26 heavy (non-hydrogen) atoms. The van der Waals surface area contributed by atoms with Crippen molar-refractivity contribution in [2.24, 2.45) is 0 Å². The molecule has 0 atom stereocenters. The largest absolute Gasteiger partial charge is 0.462 e. The van der Waals surface area contributed by atoms with E-state index in [-0.39, 0.29) is 11.9 Å². The molecule has 4 nitrogen and oxygen atoms in total. The van der Waals surface area contributed by atoms with Gasteiger partial charge in [-0.3, -0.25) is 4.79 Å². The Hall–Kier alpha value is -2.88. The molecule has 1 heterocycles. The number of nitrogens with zero attached hydrogens (tertiary/aromatic N) is 1. The fraction of sp³-hybridized carbons (Fsp3) is 0.273. The van der Waals surface area contributed by atoms with Crippen molar-refractivity contribution in [3.8, 4) is 0 Å². The monoisotopic (exact) mass is 349 g/mol. The number of anilines is 1. The quantitative estimate of drug-likeness (QED) is 0.595. The number of fused-ring (bicyclic) bond motifs is 2. The Morgan fingerprint density at radius 2 is 1.85 bits per heavy atom. The number of ether oxygens (including phenoxy) is 1. The molecule has 3 rings (SSSR count). The highest BCUT2D eigenvalue weighted by Crippen LogP contribution is 2.29. The molecule has 4 heteroatoms. The predicted octanol–water partition coefficient (Wildman–Crippen LogP) is 4.68. The van der Waals surface area contributed by atoms with Gasteiger partial charge in [-0.15, -0.1) is 0 Å². The third-order valence-electron chi connectivity index (χ3n) is 4.49. The maximum atomic E-state index is 12.2. The second kappa shape index (κ2) is 8.00. The van der Waals surface area contributed by atoms with E-state index in [2.05, 4.69) is 6.92 Å². The summed E-state index contributed by atoms with van der Waals surface area (Å²) in [6.45, 7) is 4.54. The molecule has 134 valence electrons. The number of hydrogen-bond acceptors (Lipinski definition) is 3. The van der Waals surface area contributed by atoms with E-state index >= 15 is 0 Å². The summed E-state index contributed by atoms with van der Waals surface area (Å²) in [6.07, 6.45) is 5.82. The van der Waals surface area contributed by atoms with Crippen molar-refractivity contribution < 1.29 is 14.3 Å². The van der Waals surface area contributed by atoms with Crippen molar-refractivity contribution in [3.05, 3.63) is 64.7 Å². The van der Waals surface area contributed by atoms with Crippen LogP contribution in [0.2, 0.25) is 0 Å². The molecule has 0 aliphatic carbocycles. The Kier molecular flexibility index (Phi) is 5.52. The van der Waals surface area contributed by atoms with Gasteiger partial charge in [0.1, 0.15) is 0 Å². The van der Waals surface area contributed by atoms with Gasteiger partial charge in [-0.05, 0) is 41.3 Å². The zero-order valence-corrected chi connectivity index (χ0v) is 15.2. The maximum absolute atomic E-state index is 12.2. The van der Waals surface area contributed by atoms with Crippen LogP contribution in [0.1, 0.15) is 53.7 Å². The van der Waals surface area contributed by atoms with E-state index in [1.807, 2.05) is 48.6 Å². The van der Waals surface area contributed by atoms with E-state index in [0.717, 1.165) is 35.2 Å². The summed E-state index contributed by atoms with van der Waals surface area (Å²) in [5, 5.41) is 0. The molecule has 0 spiro atoms. The molecule has 1 amide bonds. The van der Waals surface area contributed by atoms with E-state index in [1.54, 1.807) is 17.9 Å². The van der Waals surface area contributed by atoms with Crippen molar-refractivity contribution in [2.45, 2.75) is 33.2 Å². The summed E-state index contributed by atoms with van der Waals surface area (Å²) in [5.41, 5.74) is 4.33. The van der Waals surface area contributed by atoms with Crippen LogP contribution in [0.5, 0.6) is 0 Å². The highest BCUT2D eigenvalue weighted by atomic mass is 16.5. The standard InChI is InChI=1S/C22H23NO3/c1-3-4-13-26-22(25)19-11-12-20-15-23(16(2)24)21-8-6-5-7-17(21)9-10-18(20)14-19/h5-12,14H,3-4,13,15H2,1-2H3. The third kappa shape index (κ3) is 3.85. The van der Waals surface area contributed by atoms with Crippen LogP contribution in [-0.2, 0) is 16.1 Å². The van der Waals surface area contributed by atoms with Crippen LogP contribution in [0.3, 0.4) is 0 Å². The third-order valence-corrected chi connectivity index (χ3v) is 4.49. The van der Waals surface area contributed by atoms with Gasteiger partial charge in [0, 0.05) is 6.92 Å². The molecule has 2 aromatic rings. The van der Waals surface area contributed by atoms with E-state index in [1.165, 1.54) is 0 Å². The Bertz CT molecular complexity index is 854. The fourth-order valence-corrected chi connectivity index (χ4v) is 3.00. The molecular formula is C22H23NO3. The van der Waals surface area contributed by atoms with E-state index < -0.39 is 0 Å². The topological polar surface area (TPSA) is 46.6 Å². The number of benzene rings is 2. The Balaban J connectivity index is 1.95. The Labute approximate surface area is 154 Å². The average molecular weight is 349 g/mol. The number of esters is 1. The number of carbonyl (C=O) groups excluding carboxylic acids is 2. The van der Waals surface area contributed by atoms with Crippen molar-refractivity contribution >= 4 is 29.7 Å². The zero-order chi connectivity index (χ0) is 18.5. The van der Waals surface area contributed by atoms with Gasteiger partial charge >= 0.3 is 5.97 Å². The van der Waals surface area contributed by atoms with Gasteiger partial charge in [0.15, 0.2) is 0 Å². The van der Waals surface area contributed by atoms with Gasteiger partial charge in [-0.2, -0.15) is 0 Å². The summed E-state index contributed by atoms with van der Waals surface area (Å²) < 4.78 is 5.30. The molecule has 2 aromatic carbocycles. The van der Waals surface area contributed by atoms with Crippen LogP contribution in [0, 0.1) is 0 Å². The lowest BCUT2D eigenvalue weighted by Crippen LogP contribution is -2.29. The fourth-order valence-electron chi connectivity index (χ4n) is 3.00. The second-order valence-corrected chi connectivity index (χ2v) is 6.40. The molecule has 0 unspecified atom stereocenters. The van der Waals surface area contributed by atoms with Gasteiger partial charge in [0.05, 0.1) is 24.4 Å². The molecular weight excluding hydrogens is 326 g/mol. The maximum Gasteiger partial charge on any atom is 0.338 e. The van der Waals surface area contributed by atoms with Crippen LogP contribution < -0.4 is 4.90 Å². The minimum absolute atomic E-state index is 0.0123. The van der Waals surface area contributed by atoms with Crippen molar-refractivity contribution in [2.75, 3.05) is 11.5 Å². The summed E-state index contributed by atoms with van der Waals surface area (Å²) in [7, 11) is 0. The van der Waals surface area contributed by atoms with Crippen molar-refractivity contribution in [1.82, 2.24) is 0 Å². The van der Waals surface area contributed by atoms with Crippen LogP contribution in [0.15, 0.2) is 42.5 Å². The van der Waals surface area contributed by atoms with E-state index in [9.17, 15) is 9.59 Å². The summed E-state index contributed by atoms with van der Waals surface area (Å²) in [4.78, 5) is 26.2. The molecule has 0 radical (unpaired) electrons. The number of carbonyl (C=O) groups is 2. The zero-order valence-electron chi connectivity index (χ0n) is 15.2. The molecule has 0 aromatic heterocycles. The number of amides is 1. The van der Waals surface area contributed by atoms with Crippen LogP contribution in [0.4, 0.5) is 5.69 Å². The van der Waals surface area contributed by atoms with Crippen molar-refractivity contribution in [1.29, 1.82) is 0 Å². The van der Waals surface area contributed by atoms with Crippen molar-refractivity contribution in [3.63, 3.8) is 0 Å². The normalized spacial score (nSPS) is 12.6. The van der Waals surface area contributed by atoms with Gasteiger partial charge in [0.2, 0.25) is 5.91 Å². The first-order valence-electron chi connectivity index (χ1n) is 8.95. The Morgan fingerprint density at radius 1 is 1.08 bits per heavy atom. The molecule has 0 bridgehead atoms. The minimum atomic E-state index is -0.305. The number of para-hydroxylation sites is 1. The van der Waals surface area contributed by atoms with Crippen LogP contribution >= 0.6 is 0 Å². The summed E-state index contributed by atoms with van der Waals surface area (Å²) in [5.74, 6) is -0.317. The van der Waals surface area contributed by atoms with Crippen LogP contribution in [-0.4, -0.2) is 18.5 Å². The number of unbranched alkanes of at least 4 members (excludes halogenated alkanes) is 1. The lowest BCUT2D eigenvalue weighted by Gasteiger charge is -2.26. The first-order chi connectivity index (χ1) is 12.6. The SMILES string of the molecule is CCCCOC(=O)c1ccc2c(c1)C=Cc1ccccc1N(C(C)=O)C2. The van der Waals surface area contributed by atoms with E-state index in [0.29, 0.717) is 18.7 Å². The molecule has 0 saturated carbocycles. The summed E-state index contributed by atoms with van der Waals surface area (Å²) >= 11 is 0. The first kappa shape index (κ1) is 17.9. The van der Waals surface area contributed by atoms with Gasteiger partial charge < -0.3 is 9.64 Å². The first-order valence-corrected chi connectivity index (χ1v) is 8.95. The highest BCUT2D eigenvalue weighted by molar-refractivity contribution is 5.96. The van der Waals surface area contributed by atoms with Gasteiger partial charge in [-0.1, -0.05) is 49.8 Å². The van der Waals surface area contributed by atoms with Gasteiger partial charge in [-0.25, -0.2) is 4.79 Å². The van der Waals surface area contributed by atoms with Crippen LogP contribution in [0.25, 0.3) is 12.2 Å². The lowest BCUT2D eigenvalue weighted by molar-refractivity contribution is -0.116. The molecule has 1 aliphatic rings. The summed E-state index contributed by atoms with van der Waals surface area (Å²) in [6, 6.07) is 13.3. The molecule has 0 saturated heterocycles. The Morgan fingerprint density at radius 3 is 2.62 bits per heavy atom. The number of hydrogen-bond donors (Lipinski definition) is 0. The lowest BCUT2D eigenvalue weighted by atomic mass is 9.99. The highest BCUT2D eigenvalue weighted by Gasteiger charge is 2.19. The second-order valence-electron chi connectivity index (χ2n) is 6.40. The molecule has 0 N–H and O–H groups in total. The number of rotatable bonds is 4. The van der Waals surface area contributed by atoms with E-state index in [4.69, 9.17) is 4.74 Å². The minimum Gasteiger partial charge on any atom is -0.462 e. The average Bonchev–Trinajstić information content (AvgIpc) is 2.63. The molecule has 1 aliphatic heterocycles. The smallest absolute Gasteiger partial charge is 0.338 e. The molecule has 0 fully saturated rings. The van der Waals surface area contributed by atoms with Gasteiger partial charge in [0.25, 0.3) is 0 Å². The predicted molar refractivity (Wildman–Crippen MR) is 104 cm³/mol.